The number of benzene rings is 2. The van der Waals surface area contributed by atoms with Crippen LogP contribution in [0, 0.1) is 0 Å². The number of carbonyl (C=O) groups is 1. The molecule has 1 aliphatic heterocycles. The largest absolute Gasteiger partial charge is 0.497 e. The number of carbonyl (C=O) groups excluding carboxylic acids is 1. The lowest BCUT2D eigenvalue weighted by Gasteiger charge is -2.15. The molecule has 1 aliphatic rings. The number of hydrogen-bond acceptors (Lipinski definition) is 9. The van der Waals surface area contributed by atoms with Crippen molar-refractivity contribution >= 4 is 11.8 Å². The van der Waals surface area contributed by atoms with Gasteiger partial charge in [0.1, 0.15) is 23.7 Å². The second-order valence-corrected chi connectivity index (χ2v) is 6.71. The molecule has 10 nitrogen and oxygen atoms in total. The van der Waals surface area contributed by atoms with Crippen LogP contribution < -0.4 is 25.9 Å². The predicted octanol–water partition coefficient (Wildman–Crippen LogP) is 1.95. The summed E-state index contributed by atoms with van der Waals surface area (Å²) in [6.45, 7) is 2.49. The topological polar surface area (TPSA) is 111 Å². The smallest absolute Gasteiger partial charge is 0.358 e. The fourth-order valence-electron chi connectivity index (χ4n) is 3.27. The Balaban J connectivity index is 1.53. The van der Waals surface area contributed by atoms with Crippen LogP contribution in [-0.2, 0) is 11.3 Å². The van der Waals surface area contributed by atoms with Gasteiger partial charge in [0.25, 0.3) is 0 Å². The third-order valence-electron chi connectivity index (χ3n) is 4.76. The normalized spacial score (nSPS) is 12.1. The summed E-state index contributed by atoms with van der Waals surface area (Å²) in [6, 6.07) is 15.1. The molecule has 3 N–H and O–H groups in total. The number of hydrogen-bond donors (Lipinski definition) is 3. The molecular weight excluding hydrogens is 412 g/mol. The van der Waals surface area contributed by atoms with Crippen LogP contribution in [-0.4, -0.2) is 41.8 Å². The molecule has 0 atom stereocenters. The third kappa shape index (κ3) is 4.56. The molecule has 0 spiro atoms. The minimum absolute atomic E-state index is 0.228. The Morgan fingerprint density at radius 3 is 2.78 bits per heavy atom. The van der Waals surface area contributed by atoms with Gasteiger partial charge in [0.15, 0.2) is 12.4 Å². The van der Waals surface area contributed by atoms with Gasteiger partial charge in [-0.25, -0.2) is 15.2 Å². The van der Waals surface area contributed by atoms with Crippen molar-refractivity contribution in [2.75, 3.05) is 20.4 Å². The van der Waals surface area contributed by atoms with Crippen molar-refractivity contribution in [3.63, 3.8) is 0 Å². The maximum atomic E-state index is 12.3. The zero-order chi connectivity index (χ0) is 22.3. The first-order chi connectivity index (χ1) is 15.7. The lowest BCUT2D eigenvalue weighted by molar-refractivity contribution is 0.0518. The molecule has 2 aromatic carbocycles. The van der Waals surface area contributed by atoms with Gasteiger partial charge >= 0.3 is 5.97 Å². The fraction of sp³-hybridized carbons (Fsp3) is 0.227. The Bertz CT molecular complexity index is 1110. The van der Waals surface area contributed by atoms with Gasteiger partial charge in [0.05, 0.1) is 31.6 Å². The molecule has 166 valence electrons. The van der Waals surface area contributed by atoms with Gasteiger partial charge in [-0.3, -0.25) is 15.0 Å². The first kappa shape index (κ1) is 21.3. The molecular formula is C22H24N6O4. The number of para-hydroxylation sites is 1. The maximum Gasteiger partial charge on any atom is 0.358 e. The highest BCUT2D eigenvalue weighted by Crippen LogP contribution is 2.27. The third-order valence-corrected chi connectivity index (χ3v) is 4.76. The summed E-state index contributed by atoms with van der Waals surface area (Å²) in [5, 5.41) is 0. The first-order valence-electron chi connectivity index (χ1n) is 10.1. The second kappa shape index (κ2) is 9.94. The number of aromatic nitrogens is 2. The SMILES string of the molecule is CCOC(=O)c1ncn2c1CN=C(NNNCOc1ccccc1)c1cc(OC)ccc1-2. The average molecular weight is 436 g/mol. The lowest BCUT2D eigenvalue weighted by Crippen LogP contribution is -2.48. The standard InChI is InChI=1S/C22H24N6O4/c1-3-31-22(29)20-19-12-23-21(26-27-25-14-32-15-7-5-4-6-8-15)17-11-16(30-2)9-10-18(17)28(19)13-24-20/h4-11,13,25,27H,3,12,14H2,1-2H3,(H,23,26). The van der Waals surface area contributed by atoms with E-state index < -0.39 is 5.97 Å². The van der Waals surface area contributed by atoms with Gasteiger partial charge in [-0.1, -0.05) is 18.2 Å². The van der Waals surface area contributed by atoms with E-state index in [0.717, 1.165) is 17.0 Å². The number of methoxy groups -OCH3 is 1. The summed E-state index contributed by atoms with van der Waals surface area (Å²) >= 11 is 0. The number of fused-ring (bicyclic) bond motifs is 3. The van der Waals surface area contributed by atoms with Gasteiger partial charge in [0.2, 0.25) is 0 Å². The molecule has 0 radical (unpaired) electrons. The highest BCUT2D eigenvalue weighted by molar-refractivity contribution is 6.02. The Morgan fingerprint density at radius 2 is 2.00 bits per heavy atom. The molecule has 0 aliphatic carbocycles. The molecule has 3 aromatic rings. The predicted molar refractivity (Wildman–Crippen MR) is 118 cm³/mol. The number of amidine groups is 1. The van der Waals surface area contributed by atoms with E-state index in [2.05, 4.69) is 26.4 Å². The van der Waals surface area contributed by atoms with Crippen molar-refractivity contribution in [1.82, 2.24) is 25.9 Å². The van der Waals surface area contributed by atoms with Gasteiger partial charge in [-0.15, -0.1) is 0 Å². The van der Waals surface area contributed by atoms with Crippen LogP contribution in [0.5, 0.6) is 11.5 Å². The van der Waals surface area contributed by atoms with Crippen LogP contribution in [0.25, 0.3) is 5.69 Å². The first-order valence-corrected chi connectivity index (χ1v) is 10.1. The summed E-state index contributed by atoms with van der Waals surface area (Å²) in [5.74, 6) is 1.51. The number of ether oxygens (including phenoxy) is 3. The zero-order valence-electron chi connectivity index (χ0n) is 17.8. The fourth-order valence-corrected chi connectivity index (χ4v) is 3.27. The molecule has 32 heavy (non-hydrogen) atoms. The number of imidazole rings is 1. The van der Waals surface area contributed by atoms with Crippen molar-refractivity contribution in [3.8, 4) is 17.2 Å². The van der Waals surface area contributed by atoms with E-state index in [-0.39, 0.29) is 25.6 Å². The zero-order valence-corrected chi connectivity index (χ0v) is 17.8. The molecule has 0 amide bonds. The molecule has 4 rings (SSSR count). The van der Waals surface area contributed by atoms with E-state index in [1.54, 1.807) is 20.4 Å². The summed E-state index contributed by atoms with van der Waals surface area (Å²) in [6.07, 6.45) is 1.60. The van der Waals surface area contributed by atoms with Gasteiger partial charge in [0, 0.05) is 5.56 Å². The van der Waals surface area contributed by atoms with E-state index >= 15 is 0 Å². The number of esters is 1. The van der Waals surface area contributed by atoms with Crippen LogP contribution in [0.4, 0.5) is 0 Å². The number of aliphatic imine (C=N–C) groups is 1. The van der Waals surface area contributed by atoms with Crippen molar-refractivity contribution in [2.24, 2.45) is 4.99 Å². The van der Waals surface area contributed by atoms with Crippen LogP contribution in [0.15, 0.2) is 59.9 Å². The Kier molecular flexibility index (Phi) is 6.63. The highest BCUT2D eigenvalue weighted by atomic mass is 16.5. The summed E-state index contributed by atoms with van der Waals surface area (Å²) < 4.78 is 18.0. The molecule has 1 aromatic heterocycles. The van der Waals surface area contributed by atoms with E-state index in [4.69, 9.17) is 14.2 Å². The summed E-state index contributed by atoms with van der Waals surface area (Å²) in [4.78, 5) is 21.2. The van der Waals surface area contributed by atoms with Gasteiger partial charge < -0.3 is 14.2 Å². The lowest BCUT2D eigenvalue weighted by atomic mass is 10.1. The maximum absolute atomic E-state index is 12.3. The molecule has 0 bridgehead atoms. The van der Waals surface area contributed by atoms with Crippen LogP contribution >= 0.6 is 0 Å². The van der Waals surface area contributed by atoms with Crippen LogP contribution in [0.2, 0.25) is 0 Å². The van der Waals surface area contributed by atoms with Crippen LogP contribution in [0.1, 0.15) is 28.7 Å². The second-order valence-electron chi connectivity index (χ2n) is 6.71. The monoisotopic (exact) mass is 436 g/mol. The number of nitrogens with one attached hydrogen (secondary N) is 3. The average Bonchev–Trinajstić information content (AvgIpc) is 3.18. The molecule has 2 heterocycles. The van der Waals surface area contributed by atoms with Crippen molar-refractivity contribution in [3.05, 3.63) is 71.8 Å². The Morgan fingerprint density at radius 1 is 1.16 bits per heavy atom. The number of hydrazine groups is 2. The van der Waals surface area contributed by atoms with E-state index in [0.29, 0.717) is 17.3 Å². The summed E-state index contributed by atoms with van der Waals surface area (Å²) in [5.41, 5.74) is 11.4. The summed E-state index contributed by atoms with van der Waals surface area (Å²) in [7, 11) is 1.60. The molecule has 0 saturated heterocycles. The molecule has 0 saturated carbocycles. The number of nitrogens with zero attached hydrogens (tertiary/aromatic N) is 3. The Hall–Kier alpha value is -3.89. The molecule has 10 heteroatoms. The molecule has 0 fully saturated rings. The highest BCUT2D eigenvalue weighted by Gasteiger charge is 2.25. The van der Waals surface area contributed by atoms with E-state index in [1.807, 2.05) is 53.1 Å². The number of rotatable bonds is 8. The van der Waals surface area contributed by atoms with Crippen molar-refractivity contribution < 1.29 is 19.0 Å². The van der Waals surface area contributed by atoms with Crippen molar-refractivity contribution in [2.45, 2.75) is 13.5 Å². The minimum Gasteiger partial charge on any atom is -0.497 e. The quantitative estimate of drug-likeness (QED) is 0.213. The minimum atomic E-state index is -0.472. The van der Waals surface area contributed by atoms with Crippen molar-refractivity contribution in [1.29, 1.82) is 0 Å². The van der Waals surface area contributed by atoms with Crippen LogP contribution in [0.3, 0.4) is 0 Å². The van der Waals surface area contributed by atoms with E-state index in [1.165, 1.54) is 0 Å². The Labute approximate surface area is 185 Å². The van der Waals surface area contributed by atoms with E-state index in [9.17, 15) is 4.79 Å². The van der Waals surface area contributed by atoms with Gasteiger partial charge in [-0.2, -0.15) is 5.53 Å². The van der Waals surface area contributed by atoms with Gasteiger partial charge in [-0.05, 0) is 37.3 Å². The molecule has 0 unspecified atom stereocenters.